The Balaban J connectivity index is 1.49. The highest BCUT2D eigenvalue weighted by Crippen LogP contribution is 2.37. The number of carbonyl (C=O) groups is 2. The van der Waals surface area contributed by atoms with Crippen LogP contribution in [0.2, 0.25) is 0 Å². The van der Waals surface area contributed by atoms with Gasteiger partial charge >= 0.3 is 5.97 Å². The molecule has 0 unspecified atom stereocenters. The van der Waals surface area contributed by atoms with Crippen molar-refractivity contribution in [2.24, 2.45) is 0 Å². The highest BCUT2D eigenvalue weighted by Gasteiger charge is 2.23. The van der Waals surface area contributed by atoms with Crippen molar-refractivity contribution in [2.45, 2.75) is 33.4 Å². The van der Waals surface area contributed by atoms with Gasteiger partial charge in [0, 0.05) is 16.5 Å². The van der Waals surface area contributed by atoms with Gasteiger partial charge in [0.15, 0.2) is 5.82 Å². The summed E-state index contributed by atoms with van der Waals surface area (Å²) in [5, 5.41) is 16.7. The first kappa shape index (κ1) is 25.8. The molecular formula is C26H27N5O5S. The zero-order valence-corrected chi connectivity index (χ0v) is 21.7. The van der Waals surface area contributed by atoms with Crippen LogP contribution in [0.4, 0.5) is 5.00 Å². The van der Waals surface area contributed by atoms with Crippen LogP contribution in [0, 0.1) is 0 Å². The number of amides is 1. The normalized spacial score (nSPS) is 10.8. The minimum atomic E-state index is -0.502. The maximum Gasteiger partial charge on any atom is 0.341 e. The van der Waals surface area contributed by atoms with Gasteiger partial charge in [0.25, 0.3) is 5.91 Å². The number of nitrogens with zero attached hydrogens (tertiary/aromatic N) is 4. The quantitative estimate of drug-likeness (QED) is 0.290. The van der Waals surface area contributed by atoms with Gasteiger partial charge < -0.3 is 19.5 Å². The Hall–Kier alpha value is -4.25. The van der Waals surface area contributed by atoms with Gasteiger partial charge in [-0.15, -0.1) is 16.4 Å². The summed E-state index contributed by atoms with van der Waals surface area (Å²) in [5.41, 5.74) is 2.21. The van der Waals surface area contributed by atoms with Crippen LogP contribution in [0.3, 0.4) is 0 Å². The molecule has 0 aliphatic heterocycles. The summed E-state index contributed by atoms with van der Waals surface area (Å²) in [4.78, 5) is 25.8. The van der Waals surface area contributed by atoms with Gasteiger partial charge in [0.1, 0.15) is 28.7 Å². The molecule has 11 heteroatoms. The minimum absolute atomic E-state index is 0.113. The third kappa shape index (κ3) is 5.95. The van der Waals surface area contributed by atoms with Gasteiger partial charge in [-0.05, 0) is 73.2 Å². The lowest BCUT2D eigenvalue weighted by molar-refractivity contribution is 0.0529. The summed E-state index contributed by atoms with van der Waals surface area (Å²) in [6, 6.07) is 14.1. The SMILES string of the molecule is CCOC(=O)c1c(-c2ccc(OC)cc2)csc1NC(=O)c1ccc(OCc2nnnn2C(C)C)cc1. The lowest BCUT2D eigenvalue weighted by Crippen LogP contribution is -2.15. The largest absolute Gasteiger partial charge is 0.497 e. The van der Waals surface area contributed by atoms with Gasteiger partial charge in [-0.1, -0.05) is 12.1 Å². The molecular weight excluding hydrogens is 494 g/mol. The number of methoxy groups -OCH3 is 1. The van der Waals surface area contributed by atoms with E-state index in [1.807, 2.05) is 43.5 Å². The van der Waals surface area contributed by atoms with Crippen molar-refractivity contribution < 1.29 is 23.8 Å². The number of anilines is 1. The molecule has 0 saturated carbocycles. The molecule has 0 aliphatic rings. The summed E-state index contributed by atoms with van der Waals surface area (Å²) in [6.07, 6.45) is 0. The zero-order chi connectivity index (χ0) is 26.4. The number of esters is 1. The Bertz CT molecular complexity index is 1360. The van der Waals surface area contributed by atoms with E-state index in [1.165, 1.54) is 11.3 Å². The summed E-state index contributed by atoms with van der Waals surface area (Å²) >= 11 is 1.26. The van der Waals surface area contributed by atoms with Crippen LogP contribution >= 0.6 is 11.3 Å². The van der Waals surface area contributed by atoms with E-state index >= 15 is 0 Å². The second-order valence-electron chi connectivity index (χ2n) is 8.20. The van der Waals surface area contributed by atoms with Crippen LogP contribution in [0.5, 0.6) is 11.5 Å². The van der Waals surface area contributed by atoms with Crippen LogP contribution in [0.25, 0.3) is 11.1 Å². The number of carbonyl (C=O) groups excluding carboxylic acids is 2. The first-order valence-corrected chi connectivity index (χ1v) is 12.5. The van der Waals surface area contributed by atoms with Crippen LogP contribution in [-0.4, -0.2) is 45.8 Å². The highest BCUT2D eigenvalue weighted by molar-refractivity contribution is 7.15. The minimum Gasteiger partial charge on any atom is -0.497 e. The van der Waals surface area contributed by atoms with Crippen LogP contribution in [0.1, 0.15) is 53.4 Å². The second-order valence-corrected chi connectivity index (χ2v) is 9.08. The fourth-order valence-electron chi connectivity index (χ4n) is 3.57. The molecule has 4 aromatic rings. The smallest absolute Gasteiger partial charge is 0.341 e. The number of benzene rings is 2. The van der Waals surface area contributed by atoms with E-state index in [0.717, 1.165) is 5.56 Å². The van der Waals surface area contributed by atoms with Gasteiger partial charge in [0.05, 0.1) is 19.8 Å². The average molecular weight is 522 g/mol. The Morgan fingerprint density at radius 3 is 2.41 bits per heavy atom. The monoisotopic (exact) mass is 521 g/mol. The molecule has 192 valence electrons. The molecule has 0 saturated heterocycles. The van der Waals surface area contributed by atoms with Gasteiger partial charge in [-0.3, -0.25) is 4.79 Å². The van der Waals surface area contributed by atoms with Crippen molar-refractivity contribution >= 4 is 28.2 Å². The van der Waals surface area contributed by atoms with E-state index < -0.39 is 5.97 Å². The number of thiophene rings is 1. The molecule has 37 heavy (non-hydrogen) atoms. The van der Waals surface area contributed by atoms with Crippen molar-refractivity contribution in [1.29, 1.82) is 0 Å². The molecule has 2 aromatic heterocycles. The summed E-state index contributed by atoms with van der Waals surface area (Å²) in [5.74, 6) is 1.02. The Morgan fingerprint density at radius 2 is 1.76 bits per heavy atom. The van der Waals surface area contributed by atoms with Crippen molar-refractivity contribution in [3.8, 4) is 22.6 Å². The molecule has 0 fully saturated rings. The van der Waals surface area contributed by atoms with Crippen molar-refractivity contribution in [2.75, 3.05) is 19.0 Å². The molecule has 2 aromatic carbocycles. The van der Waals surface area contributed by atoms with Gasteiger partial charge in [0.2, 0.25) is 0 Å². The molecule has 0 radical (unpaired) electrons. The Labute approximate surface area is 218 Å². The van der Waals surface area contributed by atoms with Crippen molar-refractivity contribution in [1.82, 2.24) is 20.2 Å². The van der Waals surface area contributed by atoms with E-state index in [9.17, 15) is 9.59 Å². The third-order valence-electron chi connectivity index (χ3n) is 5.43. The van der Waals surface area contributed by atoms with Crippen molar-refractivity contribution in [3.63, 3.8) is 0 Å². The van der Waals surface area contributed by atoms with E-state index in [-0.39, 0.29) is 25.2 Å². The average Bonchev–Trinajstić information content (AvgIpc) is 3.55. The Kier molecular flexibility index (Phi) is 8.14. The molecule has 1 amide bonds. The second kappa shape index (κ2) is 11.7. The van der Waals surface area contributed by atoms with Gasteiger partial charge in [-0.2, -0.15) is 0 Å². The first-order chi connectivity index (χ1) is 17.9. The predicted octanol–water partition coefficient (Wildman–Crippen LogP) is 5.00. The number of aromatic nitrogens is 4. The number of hydrogen-bond donors (Lipinski definition) is 1. The summed E-state index contributed by atoms with van der Waals surface area (Å²) < 4.78 is 18.0. The first-order valence-electron chi connectivity index (χ1n) is 11.6. The fourth-order valence-corrected chi connectivity index (χ4v) is 4.53. The van der Waals surface area contributed by atoms with Gasteiger partial charge in [-0.25, -0.2) is 9.48 Å². The van der Waals surface area contributed by atoms with E-state index in [0.29, 0.717) is 39.0 Å². The molecule has 0 spiro atoms. The predicted molar refractivity (Wildman–Crippen MR) is 139 cm³/mol. The molecule has 4 rings (SSSR count). The van der Waals surface area contributed by atoms with Crippen LogP contribution < -0.4 is 14.8 Å². The molecule has 0 atom stereocenters. The molecule has 2 heterocycles. The van der Waals surface area contributed by atoms with Crippen LogP contribution in [-0.2, 0) is 11.3 Å². The maximum atomic E-state index is 13.0. The molecule has 10 nitrogen and oxygen atoms in total. The molecule has 1 N–H and O–H groups in total. The summed E-state index contributed by atoms with van der Waals surface area (Å²) in [6.45, 7) is 6.11. The lowest BCUT2D eigenvalue weighted by Gasteiger charge is -2.10. The van der Waals surface area contributed by atoms with E-state index in [4.69, 9.17) is 14.2 Å². The van der Waals surface area contributed by atoms with E-state index in [2.05, 4.69) is 20.8 Å². The number of ether oxygens (including phenoxy) is 3. The molecule has 0 bridgehead atoms. The number of hydrogen-bond acceptors (Lipinski definition) is 9. The highest BCUT2D eigenvalue weighted by atomic mass is 32.1. The molecule has 0 aliphatic carbocycles. The fraction of sp³-hybridized carbons (Fsp3) is 0.269. The maximum absolute atomic E-state index is 13.0. The number of tetrazole rings is 1. The topological polar surface area (TPSA) is 117 Å². The zero-order valence-electron chi connectivity index (χ0n) is 20.9. The van der Waals surface area contributed by atoms with Crippen molar-refractivity contribution in [3.05, 3.63) is 70.9 Å². The number of nitrogens with one attached hydrogen (secondary N) is 1. The third-order valence-corrected chi connectivity index (χ3v) is 6.33. The van der Waals surface area contributed by atoms with Crippen LogP contribution in [0.15, 0.2) is 53.9 Å². The number of rotatable bonds is 10. The standard InChI is InChI=1S/C26H27N5O5S/c1-5-35-26(33)23-21(17-6-10-19(34-4)11-7-17)15-37-25(23)27-24(32)18-8-12-20(13-9-18)36-14-22-28-29-30-31(22)16(2)3/h6-13,15-16H,5,14H2,1-4H3,(H,27,32). The Morgan fingerprint density at radius 1 is 1.05 bits per heavy atom. The lowest BCUT2D eigenvalue weighted by atomic mass is 10.0. The summed E-state index contributed by atoms with van der Waals surface area (Å²) in [7, 11) is 1.59. The van der Waals surface area contributed by atoms with E-state index in [1.54, 1.807) is 43.0 Å².